The van der Waals surface area contributed by atoms with Crippen LogP contribution in [0.25, 0.3) is 22.0 Å². The predicted molar refractivity (Wildman–Crippen MR) is 115 cm³/mol. The van der Waals surface area contributed by atoms with Crippen molar-refractivity contribution in [2.75, 3.05) is 32.0 Å². The van der Waals surface area contributed by atoms with Gasteiger partial charge >= 0.3 is 0 Å². The highest BCUT2D eigenvalue weighted by Gasteiger charge is 2.15. The number of aromatic amines is 1. The minimum atomic E-state index is -0.130. The molecule has 1 fully saturated rings. The largest absolute Gasteiger partial charge is 0.491 e. The van der Waals surface area contributed by atoms with Crippen molar-refractivity contribution in [3.8, 4) is 17.0 Å². The van der Waals surface area contributed by atoms with Crippen LogP contribution in [0.2, 0.25) is 0 Å². The molecular formula is C23H27N3O2. The molecule has 3 N–H and O–H groups in total. The lowest BCUT2D eigenvalue weighted by Crippen LogP contribution is -2.31. The van der Waals surface area contributed by atoms with Gasteiger partial charge in [-0.05, 0) is 50.6 Å². The Morgan fingerprint density at radius 3 is 2.57 bits per heavy atom. The van der Waals surface area contributed by atoms with Crippen LogP contribution in [0.15, 0.2) is 53.3 Å². The summed E-state index contributed by atoms with van der Waals surface area (Å²) < 4.78 is 6.25. The first-order chi connectivity index (χ1) is 13.7. The third-order valence-electron chi connectivity index (χ3n) is 5.37. The molecule has 2 aromatic carbocycles. The number of aromatic nitrogens is 1. The van der Waals surface area contributed by atoms with E-state index in [2.05, 4.69) is 9.88 Å². The highest BCUT2D eigenvalue weighted by Crippen LogP contribution is 2.34. The smallest absolute Gasteiger partial charge is 0.256 e. The van der Waals surface area contributed by atoms with Gasteiger partial charge in [-0.2, -0.15) is 0 Å². The van der Waals surface area contributed by atoms with Gasteiger partial charge in [-0.1, -0.05) is 36.8 Å². The number of hydrogen-bond acceptors (Lipinski definition) is 4. The molecule has 2 heterocycles. The Hall–Kier alpha value is -2.79. The molecule has 5 nitrogen and oxygen atoms in total. The summed E-state index contributed by atoms with van der Waals surface area (Å²) in [5.41, 5.74) is 8.14. The van der Waals surface area contributed by atoms with E-state index in [1.807, 2.05) is 36.4 Å². The number of fused-ring (bicyclic) bond motifs is 1. The fraction of sp³-hybridized carbons (Fsp3) is 0.348. The fourth-order valence-electron chi connectivity index (χ4n) is 3.92. The number of ether oxygens (including phenoxy) is 1. The SMILES string of the molecule is Nc1ccc2c(=O)[nH]c(-c3ccccc3)c(OCCCN3CCCCC3)c2c1. The molecule has 0 aliphatic carbocycles. The number of benzene rings is 2. The summed E-state index contributed by atoms with van der Waals surface area (Å²) in [6.45, 7) is 4.02. The first kappa shape index (κ1) is 18.6. The number of likely N-dealkylation sites (tertiary alicyclic amines) is 1. The minimum Gasteiger partial charge on any atom is -0.491 e. The average Bonchev–Trinajstić information content (AvgIpc) is 2.73. The number of piperidine rings is 1. The van der Waals surface area contributed by atoms with Crippen LogP contribution < -0.4 is 16.0 Å². The van der Waals surface area contributed by atoms with E-state index in [1.165, 1.54) is 32.4 Å². The molecule has 5 heteroatoms. The van der Waals surface area contributed by atoms with Crippen molar-refractivity contribution in [1.29, 1.82) is 0 Å². The molecule has 1 aromatic heterocycles. The lowest BCUT2D eigenvalue weighted by atomic mass is 10.0. The zero-order valence-electron chi connectivity index (χ0n) is 16.1. The van der Waals surface area contributed by atoms with Crippen molar-refractivity contribution >= 4 is 16.5 Å². The molecular weight excluding hydrogens is 350 g/mol. The Bertz CT molecular complexity index is 992. The van der Waals surface area contributed by atoms with Gasteiger partial charge in [-0.3, -0.25) is 4.79 Å². The number of pyridine rings is 1. The standard InChI is InChI=1S/C23H27N3O2/c24-18-10-11-19-20(16-18)22(28-15-7-14-26-12-5-2-6-13-26)21(25-23(19)27)17-8-3-1-4-9-17/h1,3-4,8-11,16H,2,5-7,12-15,24H2,(H,25,27). The molecule has 0 radical (unpaired) electrons. The second-order valence-corrected chi connectivity index (χ2v) is 7.43. The third kappa shape index (κ3) is 4.04. The minimum absolute atomic E-state index is 0.130. The van der Waals surface area contributed by atoms with E-state index in [-0.39, 0.29) is 5.56 Å². The van der Waals surface area contributed by atoms with E-state index in [4.69, 9.17) is 10.5 Å². The molecule has 0 saturated carbocycles. The lowest BCUT2D eigenvalue weighted by Gasteiger charge is -2.26. The summed E-state index contributed by atoms with van der Waals surface area (Å²) in [4.78, 5) is 18.1. The monoisotopic (exact) mass is 377 g/mol. The lowest BCUT2D eigenvalue weighted by molar-refractivity contribution is 0.205. The normalized spacial score (nSPS) is 15.0. The van der Waals surface area contributed by atoms with E-state index in [0.29, 0.717) is 29.1 Å². The summed E-state index contributed by atoms with van der Waals surface area (Å²) in [5.74, 6) is 0.701. The molecule has 1 aliphatic heterocycles. The predicted octanol–water partition coefficient (Wildman–Crippen LogP) is 4.03. The maximum absolute atomic E-state index is 12.6. The van der Waals surface area contributed by atoms with Crippen molar-refractivity contribution in [2.45, 2.75) is 25.7 Å². The van der Waals surface area contributed by atoms with Crippen LogP contribution in [0.4, 0.5) is 5.69 Å². The molecule has 0 spiro atoms. The molecule has 4 rings (SSSR count). The highest BCUT2D eigenvalue weighted by atomic mass is 16.5. The van der Waals surface area contributed by atoms with Gasteiger partial charge in [0.2, 0.25) is 0 Å². The topological polar surface area (TPSA) is 71.3 Å². The second-order valence-electron chi connectivity index (χ2n) is 7.43. The van der Waals surface area contributed by atoms with Crippen LogP contribution in [0.1, 0.15) is 25.7 Å². The van der Waals surface area contributed by atoms with Gasteiger partial charge in [0, 0.05) is 23.2 Å². The van der Waals surface area contributed by atoms with E-state index in [9.17, 15) is 4.79 Å². The number of hydrogen-bond donors (Lipinski definition) is 2. The molecule has 0 amide bonds. The maximum atomic E-state index is 12.6. The second kappa shape index (κ2) is 8.48. The molecule has 1 aliphatic rings. The molecule has 28 heavy (non-hydrogen) atoms. The number of anilines is 1. The van der Waals surface area contributed by atoms with Gasteiger partial charge in [0.15, 0.2) is 5.75 Å². The molecule has 0 unspecified atom stereocenters. The summed E-state index contributed by atoms with van der Waals surface area (Å²) >= 11 is 0. The number of nitrogens with two attached hydrogens (primary N) is 1. The number of H-pyrrole nitrogens is 1. The van der Waals surface area contributed by atoms with E-state index in [0.717, 1.165) is 23.9 Å². The summed E-state index contributed by atoms with van der Waals surface area (Å²) in [7, 11) is 0. The number of nitrogen functional groups attached to an aromatic ring is 1. The van der Waals surface area contributed by atoms with Gasteiger partial charge in [0.1, 0.15) is 0 Å². The van der Waals surface area contributed by atoms with Crippen molar-refractivity contribution < 1.29 is 4.74 Å². The summed E-state index contributed by atoms with van der Waals surface area (Å²) in [6, 6.07) is 15.2. The Labute approximate surface area is 165 Å². The number of nitrogens with zero attached hydrogens (tertiary/aromatic N) is 1. The molecule has 0 atom stereocenters. The van der Waals surface area contributed by atoms with Crippen molar-refractivity contribution in [2.24, 2.45) is 0 Å². The van der Waals surface area contributed by atoms with Crippen LogP contribution in [-0.2, 0) is 0 Å². The van der Waals surface area contributed by atoms with E-state index >= 15 is 0 Å². The van der Waals surface area contributed by atoms with Crippen molar-refractivity contribution in [3.05, 3.63) is 58.9 Å². The number of nitrogens with one attached hydrogen (secondary N) is 1. The van der Waals surface area contributed by atoms with E-state index in [1.54, 1.807) is 12.1 Å². The van der Waals surface area contributed by atoms with Crippen LogP contribution >= 0.6 is 0 Å². The molecule has 0 bridgehead atoms. The summed E-state index contributed by atoms with van der Waals surface area (Å²) in [5, 5.41) is 1.36. The first-order valence-corrected chi connectivity index (χ1v) is 10.1. The Morgan fingerprint density at radius 2 is 1.79 bits per heavy atom. The van der Waals surface area contributed by atoms with Crippen molar-refractivity contribution in [1.82, 2.24) is 9.88 Å². The maximum Gasteiger partial charge on any atom is 0.256 e. The van der Waals surface area contributed by atoms with Gasteiger partial charge in [0.25, 0.3) is 5.56 Å². The Kier molecular flexibility index (Phi) is 5.63. The van der Waals surface area contributed by atoms with Crippen LogP contribution in [0.3, 0.4) is 0 Å². The third-order valence-corrected chi connectivity index (χ3v) is 5.37. The van der Waals surface area contributed by atoms with Crippen LogP contribution in [-0.4, -0.2) is 36.1 Å². The highest BCUT2D eigenvalue weighted by molar-refractivity contribution is 5.94. The summed E-state index contributed by atoms with van der Waals surface area (Å²) in [6.07, 6.45) is 4.89. The number of rotatable bonds is 6. The Morgan fingerprint density at radius 1 is 1.00 bits per heavy atom. The van der Waals surface area contributed by atoms with E-state index < -0.39 is 0 Å². The Balaban J connectivity index is 1.63. The van der Waals surface area contributed by atoms with Crippen molar-refractivity contribution in [3.63, 3.8) is 0 Å². The fourth-order valence-corrected chi connectivity index (χ4v) is 3.92. The van der Waals surface area contributed by atoms with Crippen LogP contribution in [0.5, 0.6) is 5.75 Å². The quantitative estimate of drug-likeness (QED) is 0.502. The zero-order valence-corrected chi connectivity index (χ0v) is 16.1. The van der Waals surface area contributed by atoms with Gasteiger partial charge in [-0.25, -0.2) is 0 Å². The van der Waals surface area contributed by atoms with Gasteiger partial charge in [0.05, 0.1) is 17.7 Å². The van der Waals surface area contributed by atoms with Gasteiger partial charge in [-0.15, -0.1) is 0 Å². The molecule has 1 saturated heterocycles. The van der Waals surface area contributed by atoms with Gasteiger partial charge < -0.3 is 20.4 Å². The first-order valence-electron chi connectivity index (χ1n) is 10.1. The molecule has 3 aromatic rings. The molecule has 146 valence electrons. The zero-order chi connectivity index (χ0) is 19.3. The average molecular weight is 377 g/mol. The van der Waals surface area contributed by atoms with Crippen LogP contribution in [0, 0.1) is 0 Å².